The number of carbonyl (C=O) groups is 1. The van der Waals surface area contributed by atoms with Gasteiger partial charge in [-0.2, -0.15) is 0 Å². The molecule has 22 heavy (non-hydrogen) atoms. The van der Waals surface area contributed by atoms with E-state index in [1.165, 1.54) is 12.8 Å². The number of aromatic nitrogens is 1. The van der Waals surface area contributed by atoms with Crippen LogP contribution < -0.4 is 15.5 Å². The Bertz CT molecular complexity index is 485. The van der Waals surface area contributed by atoms with Crippen LogP contribution in [0.15, 0.2) is 24.4 Å². The third kappa shape index (κ3) is 3.70. The first kappa shape index (κ1) is 15.1. The van der Waals surface area contributed by atoms with Crippen LogP contribution in [0, 0.1) is 5.92 Å². The van der Waals surface area contributed by atoms with Crippen LogP contribution in [0.4, 0.5) is 10.6 Å². The predicted molar refractivity (Wildman–Crippen MR) is 87.9 cm³/mol. The molecule has 2 fully saturated rings. The molecule has 0 unspecified atom stereocenters. The Morgan fingerprint density at radius 1 is 1.18 bits per heavy atom. The topological polar surface area (TPSA) is 57.3 Å². The van der Waals surface area contributed by atoms with E-state index >= 15 is 0 Å². The largest absolute Gasteiger partial charge is 0.356 e. The van der Waals surface area contributed by atoms with Gasteiger partial charge in [-0.25, -0.2) is 9.78 Å². The monoisotopic (exact) mass is 302 g/mol. The van der Waals surface area contributed by atoms with Gasteiger partial charge in [0.05, 0.1) is 0 Å². The van der Waals surface area contributed by atoms with Crippen molar-refractivity contribution < 1.29 is 4.79 Å². The summed E-state index contributed by atoms with van der Waals surface area (Å²) >= 11 is 0. The standard InChI is InChI=1S/C17H26N4O/c1-13-5-4-6-15(13)20-17(22)19-14-8-11-21(12-9-14)16-7-2-3-10-18-16/h2-3,7,10,13-15H,4-6,8-9,11-12H2,1H3,(H2,19,20,22)/t13-,15-/m1/s1. The van der Waals surface area contributed by atoms with Crippen LogP contribution in [-0.4, -0.2) is 36.2 Å². The van der Waals surface area contributed by atoms with E-state index in [0.29, 0.717) is 12.0 Å². The molecule has 0 spiro atoms. The molecule has 5 nitrogen and oxygen atoms in total. The Morgan fingerprint density at radius 2 is 2.00 bits per heavy atom. The summed E-state index contributed by atoms with van der Waals surface area (Å²) in [7, 11) is 0. The van der Waals surface area contributed by atoms with Crippen LogP contribution in [0.1, 0.15) is 39.0 Å². The van der Waals surface area contributed by atoms with Crippen molar-refractivity contribution in [2.45, 2.75) is 51.1 Å². The fraction of sp³-hybridized carbons (Fsp3) is 0.647. The highest BCUT2D eigenvalue weighted by Crippen LogP contribution is 2.24. The third-order valence-electron chi connectivity index (χ3n) is 4.98. The van der Waals surface area contributed by atoms with E-state index in [0.717, 1.165) is 38.2 Å². The first-order valence-electron chi connectivity index (χ1n) is 8.45. The molecule has 3 rings (SSSR count). The van der Waals surface area contributed by atoms with Crippen molar-refractivity contribution in [2.75, 3.05) is 18.0 Å². The summed E-state index contributed by atoms with van der Waals surface area (Å²) < 4.78 is 0. The zero-order chi connectivity index (χ0) is 15.4. The van der Waals surface area contributed by atoms with Gasteiger partial charge in [0.2, 0.25) is 0 Å². The lowest BCUT2D eigenvalue weighted by Gasteiger charge is -2.33. The van der Waals surface area contributed by atoms with Crippen LogP contribution in [0.5, 0.6) is 0 Å². The molecule has 1 aliphatic heterocycles. The second-order valence-electron chi connectivity index (χ2n) is 6.58. The van der Waals surface area contributed by atoms with Gasteiger partial charge < -0.3 is 15.5 Å². The fourth-order valence-corrected chi connectivity index (χ4v) is 3.55. The Hall–Kier alpha value is -1.78. The van der Waals surface area contributed by atoms with Gasteiger partial charge in [0.15, 0.2) is 0 Å². The maximum Gasteiger partial charge on any atom is 0.315 e. The van der Waals surface area contributed by atoms with Crippen molar-refractivity contribution >= 4 is 11.8 Å². The predicted octanol–water partition coefficient (Wildman–Crippen LogP) is 2.54. The molecule has 1 aliphatic carbocycles. The van der Waals surface area contributed by atoms with E-state index in [9.17, 15) is 4.79 Å². The number of carbonyl (C=O) groups excluding carboxylic acids is 1. The number of amides is 2. The van der Waals surface area contributed by atoms with Crippen molar-refractivity contribution in [1.82, 2.24) is 15.6 Å². The maximum absolute atomic E-state index is 12.1. The Kier molecular flexibility index (Phi) is 4.80. The minimum Gasteiger partial charge on any atom is -0.356 e. The van der Waals surface area contributed by atoms with Crippen LogP contribution in [0.25, 0.3) is 0 Å². The lowest BCUT2D eigenvalue weighted by Crippen LogP contribution is -2.50. The van der Waals surface area contributed by atoms with Gasteiger partial charge >= 0.3 is 6.03 Å². The summed E-state index contributed by atoms with van der Waals surface area (Å²) in [6, 6.07) is 6.64. The van der Waals surface area contributed by atoms with Crippen LogP contribution >= 0.6 is 0 Å². The summed E-state index contributed by atoms with van der Waals surface area (Å²) in [6.45, 7) is 4.12. The lowest BCUT2D eigenvalue weighted by molar-refractivity contribution is 0.228. The van der Waals surface area contributed by atoms with E-state index in [2.05, 4.69) is 27.4 Å². The molecule has 0 radical (unpaired) electrons. The van der Waals surface area contributed by atoms with Gasteiger partial charge in [-0.05, 0) is 43.7 Å². The molecular weight excluding hydrogens is 276 g/mol. The molecule has 1 aromatic rings. The molecule has 1 saturated heterocycles. The molecular formula is C17H26N4O. The van der Waals surface area contributed by atoms with Crippen molar-refractivity contribution in [3.63, 3.8) is 0 Å². The van der Waals surface area contributed by atoms with Crippen molar-refractivity contribution in [1.29, 1.82) is 0 Å². The minimum atomic E-state index is 0.00929. The van der Waals surface area contributed by atoms with Gasteiger partial charge in [0.25, 0.3) is 0 Å². The molecule has 2 N–H and O–H groups in total. The molecule has 1 saturated carbocycles. The molecule has 1 aromatic heterocycles. The number of urea groups is 1. The smallest absolute Gasteiger partial charge is 0.315 e. The summed E-state index contributed by atoms with van der Waals surface area (Å²) in [5.41, 5.74) is 0. The van der Waals surface area contributed by atoms with E-state index in [4.69, 9.17) is 0 Å². The highest BCUT2D eigenvalue weighted by atomic mass is 16.2. The molecule has 2 aliphatic rings. The quantitative estimate of drug-likeness (QED) is 0.902. The second kappa shape index (κ2) is 6.99. The van der Waals surface area contributed by atoms with E-state index < -0.39 is 0 Å². The Labute approximate surface area is 132 Å². The molecule has 2 atom stereocenters. The van der Waals surface area contributed by atoms with Crippen LogP contribution in [0.2, 0.25) is 0 Å². The molecule has 2 heterocycles. The zero-order valence-corrected chi connectivity index (χ0v) is 13.3. The van der Waals surface area contributed by atoms with E-state index in [1.807, 2.05) is 24.4 Å². The molecule has 2 amide bonds. The molecule has 0 aromatic carbocycles. The summed E-state index contributed by atoms with van der Waals surface area (Å²) in [5.74, 6) is 1.64. The highest BCUT2D eigenvalue weighted by molar-refractivity contribution is 5.74. The number of anilines is 1. The first-order valence-corrected chi connectivity index (χ1v) is 8.45. The number of hydrogen-bond donors (Lipinski definition) is 2. The SMILES string of the molecule is C[C@@H]1CCC[C@H]1NC(=O)NC1CCN(c2ccccn2)CC1. The average molecular weight is 302 g/mol. The normalized spacial score (nSPS) is 26.0. The summed E-state index contributed by atoms with van der Waals surface area (Å²) in [5, 5.41) is 6.28. The minimum absolute atomic E-state index is 0.00929. The molecule has 0 bridgehead atoms. The van der Waals surface area contributed by atoms with Gasteiger partial charge in [-0.3, -0.25) is 0 Å². The summed E-state index contributed by atoms with van der Waals surface area (Å²) in [6.07, 6.45) is 7.36. The van der Waals surface area contributed by atoms with E-state index in [-0.39, 0.29) is 12.1 Å². The number of pyridine rings is 1. The highest BCUT2D eigenvalue weighted by Gasteiger charge is 2.26. The van der Waals surface area contributed by atoms with Crippen molar-refractivity contribution in [2.24, 2.45) is 5.92 Å². The molecule has 5 heteroatoms. The van der Waals surface area contributed by atoms with Gasteiger partial charge in [-0.15, -0.1) is 0 Å². The molecule has 120 valence electrons. The number of hydrogen-bond acceptors (Lipinski definition) is 3. The second-order valence-corrected chi connectivity index (χ2v) is 6.58. The maximum atomic E-state index is 12.1. The lowest BCUT2D eigenvalue weighted by atomic mass is 10.0. The van der Waals surface area contributed by atoms with Gasteiger partial charge in [-0.1, -0.05) is 19.4 Å². The van der Waals surface area contributed by atoms with Crippen LogP contribution in [0.3, 0.4) is 0 Å². The van der Waals surface area contributed by atoms with E-state index in [1.54, 1.807) is 0 Å². The summed E-state index contributed by atoms with van der Waals surface area (Å²) in [4.78, 5) is 18.8. The van der Waals surface area contributed by atoms with Crippen molar-refractivity contribution in [3.8, 4) is 0 Å². The first-order chi connectivity index (χ1) is 10.7. The van der Waals surface area contributed by atoms with Crippen LogP contribution in [-0.2, 0) is 0 Å². The zero-order valence-electron chi connectivity index (χ0n) is 13.3. The van der Waals surface area contributed by atoms with Gasteiger partial charge in [0, 0.05) is 31.4 Å². The van der Waals surface area contributed by atoms with Gasteiger partial charge in [0.1, 0.15) is 5.82 Å². The number of nitrogens with one attached hydrogen (secondary N) is 2. The van der Waals surface area contributed by atoms with Crippen molar-refractivity contribution in [3.05, 3.63) is 24.4 Å². The number of piperidine rings is 1. The Morgan fingerprint density at radius 3 is 2.64 bits per heavy atom. The number of nitrogens with zero attached hydrogens (tertiary/aromatic N) is 2. The Balaban J connectivity index is 1.43. The fourth-order valence-electron chi connectivity index (χ4n) is 3.55. The third-order valence-corrected chi connectivity index (χ3v) is 4.98. The number of rotatable bonds is 3. The average Bonchev–Trinajstić information content (AvgIpc) is 2.94.